The molecule has 1 atom stereocenters. The van der Waals surface area contributed by atoms with Crippen LogP contribution >= 0.6 is 0 Å². The Labute approximate surface area is 165 Å². The number of carboxylic acid groups (broad SMARTS) is 1. The van der Waals surface area contributed by atoms with Gasteiger partial charge in [0.15, 0.2) is 0 Å². The van der Waals surface area contributed by atoms with E-state index in [1.165, 1.54) is 0 Å². The van der Waals surface area contributed by atoms with Crippen molar-refractivity contribution in [2.24, 2.45) is 5.92 Å². The molecule has 1 aromatic rings. The average molecular weight is 387 g/mol. The Balaban J connectivity index is 1.58. The van der Waals surface area contributed by atoms with Crippen LogP contribution in [-0.2, 0) is 20.8 Å². The monoisotopic (exact) mass is 387 g/mol. The highest BCUT2D eigenvalue weighted by Gasteiger charge is 2.32. The second kappa shape index (κ2) is 8.39. The summed E-state index contributed by atoms with van der Waals surface area (Å²) < 4.78 is 0. The summed E-state index contributed by atoms with van der Waals surface area (Å²) >= 11 is 0. The van der Waals surface area contributed by atoms with Crippen molar-refractivity contribution in [3.63, 3.8) is 0 Å². The maximum Gasteiger partial charge on any atom is 0.303 e. The summed E-state index contributed by atoms with van der Waals surface area (Å²) in [6.07, 6.45) is 5.52. The van der Waals surface area contributed by atoms with Crippen molar-refractivity contribution >= 4 is 17.8 Å². The summed E-state index contributed by atoms with van der Waals surface area (Å²) in [6, 6.07) is 3.91. The Morgan fingerprint density at radius 3 is 2.54 bits per heavy atom. The number of likely N-dealkylation sites (tertiary alicyclic amines) is 1. The molecule has 7 nitrogen and oxygen atoms in total. The molecule has 152 valence electrons. The van der Waals surface area contributed by atoms with Gasteiger partial charge in [-0.2, -0.15) is 0 Å². The summed E-state index contributed by atoms with van der Waals surface area (Å²) in [5.74, 6) is -1.19. The van der Waals surface area contributed by atoms with E-state index < -0.39 is 5.97 Å². The molecule has 2 aliphatic heterocycles. The third-order valence-electron chi connectivity index (χ3n) is 6.04. The Morgan fingerprint density at radius 2 is 1.96 bits per heavy atom. The third kappa shape index (κ3) is 4.95. The Morgan fingerprint density at radius 1 is 1.25 bits per heavy atom. The van der Waals surface area contributed by atoms with Crippen molar-refractivity contribution < 1.29 is 19.5 Å². The van der Waals surface area contributed by atoms with Gasteiger partial charge in [-0.25, -0.2) is 0 Å². The Bertz CT molecular complexity index is 737. The zero-order chi connectivity index (χ0) is 20.3. The molecule has 2 aliphatic rings. The molecule has 0 radical (unpaired) electrons. The molecule has 0 spiro atoms. The number of nitrogens with zero attached hydrogens (tertiary/aromatic N) is 2. The predicted octanol–water partition coefficient (Wildman–Crippen LogP) is 2.11. The highest BCUT2D eigenvalue weighted by atomic mass is 16.4. The van der Waals surface area contributed by atoms with E-state index in [1.807, 2.05) is 12.1 Å². The number of piperidine rings is 2. The van der Waals surface area contributed by atoms with Crippen LogP contribution < -0.4 is 5.32 Å². The molecular weight excluding hydrogens is 358 g/mol. The van der Waals surface area contributed by atoms with Gasteiger partial charge in [0.05, 0.1) is 5.92 Å². The number of aliphatic carboxylic acids is 1. The average Bonchev–Trinajstić information content (AvgIpc) is 2.62. The first-order chi connectivity index (χ1) is 13.2. The number of imide groups is 1. The van der Waals surface area contributed by atoms with E-state index in [2.05, 4.69) is 29.0 Å². The highest BCUT2D eigenvalue weighted by Crippen LogP contribution is 2.29. The first-order valence-electron chi connectivity index (χ1n) is 10.00. The lowest BCUT2D eigenvalue weighted by Crippen LogP contribution is -2.49. The number of amides is 2. The standard InChI is InChI=1S/C21H29N3O4/c1-21(2,24-9-7-14(8-10-24)11-19(26)27)12-16-4-3-15(13-22-16)17-5-6-18(25)23-20(17)28/h3-4,13-14,17H,5-12H2,1-2H3,(H,26,27)(H,23,25,28). The fourth-order valence-corrected chi connectivity index (χ4v) is 4.30. The van der Waals surface area contributed by atoms with Crippen LogP contribution in [0.1, 0.15) is 63.1 Å². The minimum Gasteiger partial charge on any atom is -0.481 e. The van der Waals surface area contributed by atoms with Crippen LogP contribution in [0.25, 0.3) is 0 Å². The fraction of sp³-hybridized carbons (Fsp3) is 0.619. The molecule has 0 aromatic carbocycles. The fourth-order valence-electron chi connectivity index (χ4n) is 4.30. The number of carbonyl (C=O) groups is 3. The van der Waals surface area contributed by atoms with E-state index in [9.17, 15) is 14.4 Å². The molecule has 2 fully saturated rings. The molecule has 2 amide bonds. The first-order valence-corrected chi connectivity index (χ1v) is 10.00. The highest BCUT2D eigenvalue weighted by molar-refractivity contribution is 6.00. The number of nitrogens with one attached hydrogen (secondary N) is 1. The van der Waals surface area contributed by atoms with Gasteiger partial charge < -0.3 is 5.11 Å². The van der Waals surface area contributed by atoms with Crippen molar-refractivity contribution in [2.45, 2.75) is 63.8 Å². The zero-order valence-corrected chi connectivity index (χ0v) is 16.6. The van der Waals surface area contributed by atoms with E-state index in [0.717, 1.165) is 43.6 Å². The number of carboxylic acids is 1. The molecule has 2 saturated heterocycles. The summed E-state index contributed by atoms with van der Waals surface area (Å²) in [5.41, 5.74) is 1.74. The third-order valence-corrected chi connectivity index (χ3v) is 6.04. The SMILES string of the molecule is CC(C)(Cc1ccc(C2CCC(=O)NC2=O)cn1)N1CCC(CC(=O)O)CC1. The van der Waals surface area contributed by atoms with Crippen LogP contribution in [0.3, 0.4) is 0 Å². The number of pyridine rings is 1. The van der Waals surface area contributed by atoms with Gasteiger partial charge in [0.25, 0.3) is 0 Å². The van der Waals surface area contributed by atoms with E-state index in [0.29, 0.717) is 12.8 Å². The van der Waals surface area contributed by atoms with E-state index >= 15 is 0 Å². The van der Waals surface area contributed by atoms with Gasteiger partial charge in [-0.15, -0.1) is 0 Å². The van der Waals surface area contributed by atoms with Crippen molar-refractivity contribution in [1.82, 2.24) is 15.2 Å². The number of carbonyl (C=O) groups excluding carboxylic acids is 2. The van der Waals surface area contributed by atoms with Gasteiger partial charge in [-0.1, -0.05) is 6.07 Å². The molecule has 0 aliphatic carbocycles. The molecule has 0 saturated carbocycles. The van der Waals surface area contributed by atoms with Crippen molar-refractivity contribution in [3.05, 3.63) is 29.6 Å². The molecule has 7 heteroatoms. The van der Waals surface area contributed by atoms with Gasteiger partial charge in [0.2, 0.25) is 11.8 Å². The summed E-state index contributed by atoms with van der Waals surface area (Å²) in [6.45, 7) is 6.19. The summed E-state index contributed by atoms with van der Waals surface area (Å²) in [4.78, 5) is 41.2. The summed E-state index contributed by atoms with van der Waals surface area (Å²) in [5, 5.41) is 11.4. The number of rotatable bonds is 6. The zero-order valence-electron chi connectivity index (χ0n) is 16.6. The van der Waals surface area contributed by atoms with Gasteiger partial charge in [-0.05, 0) is 63.7 Å². The molecule has 2 N–H and O–H groups in total. The molecule has 28 heavy (non-hydrogen) atoms. The Kier molecular flexibility index (Phi) is 6.13. The lowest BCUT2D eigenvalue weighted by atomic mass is 9.87. The van der Waals surface area contributed by atoms with Gasteiger partial charge in [0, 0.05) is 36.7 Å². The second-order valence-electron chi connectivity index (χ2n) is 8.60. The summed E-state index contributed by atoms with van der Waals surface area (Å²) in [7, 11) is 0. The van der Waals surface area contributed by atoms with Crippen LogP contribution in [0, 0.1) is 5.92 Å². The number of aromatic nitrogens is 1. The van der Waals surface area contributed by atoms with Gasteiger partial charge in [0.1, 0.15) is 0 Å². The lowest BCUT2D eigenvalue weighted by Gasteiger charge is -2.43. The predicted molar refractivity (Wildman–Crippen MR) is 104 cm³/mol. The first kappa shape index (κ1) is 20.5. The minimum atomic E-state index is -0.710. The largest absolute Gasteiger partial charge is 0.481 e. The second-order valence-corrected chi connectivity index (χ2v) is 8.60. The van der Waals surface area contributed by atoms with Crippen molar-refractivity contribution in [3.8, 4) is 0 Å². The minimum absolute atomic E-state index is 0.0721. The molecule has 3 heterocycles. The van der Waals surface area contributed by atoms with Crippen molar-refractivity contribution in [1.29, 1.82) is 0 Å². The van der Waals surface area contributed by atoms with Crippen LogP contribution in [0.5, 0.6) is 0 Å². The maximum absolute atomic E-state index is 12.0. The maximum atomic E-state index is 12.0. The van der Waals surface area contributed by atoms with Crippen LogP contribution in [0.15, 0.2) is 18.3 Å². The smallest absolute Gasteiger partial charge is 0.303 e. The van der Waals surface area contributed by atoms with Crippen LogP contribution in [-0.4, -0.2) is 51.4 Å². The molecule has 3 rings (SSSR count). The van der Waals surface area contributed by atoms with Crippen molar-refractivity contribution in [2.75, 3.05) is 13.1 Å². The quantitative estimate of drug-likeness (QED) is 0.725. The Hall–Kier alpha value is -2.28. The van der Waals surface area contributed by atoms with Crippen LogP contribution in [0.4, 0.5) is 0 Å². The molecule has 1 unspecified atom stereocenters. The van der Waals surface area contributed by atoms with E-state index in [-0.39, 0.29) is 35.6 Å². The van der Waals surface area contributed by atoms with Crippen LogP contribution in [0.2, 0.25) is 0 Å². The normalized spacial score (nSPS) is 22.1. The van der Waals surface area contributed by atoms with E-state index in [4.69, 9.17) is 5.11 Å². The number of hydrogen-bond donors (Lipinski definition) is 2. The lowest BCUT2D eigenvalue weighted by molar-refractivity contribution is -0.138. The molecule has 0 bridgehead atoms. The molecule has 1 aromatic heterocycles. The van der Waals surface area contributed by atoms with E-state index in [1.54, 1.807) is 6.20 Å². The molecular formula is C21H29N3O4. The topological polar surface area (TPSA) is 99.6 Å². The van der Waals surface area contributed by atoms with Gasteiger partial charge in [-0.3, -0.25) is 29.6 Å². The van der Waals surface area contributed by atoms with Gasteiger partial charge >= 0.3 is 5.97 Å². The number of hydrogen-bond acceptors (Lipinski definition) is 5.